The zero-order valence-electron chi connectivity index (χ0n) is 11.6. The molecule has 1 aliphatic rings. The first-order chi connectivity index (χ1) is 10.1. The van der Waals surface area contributed by atoms with Crippen molar-refractivity contribution in [3.63, 3.8) is 0 Å². The Labute approximate surface area is 121 Å². The summed E-state index contributed by atoms with van der Waals surface area (Å²) in [7, 11) is 0. The summed E-state index contributed by atoms with van der Waals surface area (Å²) in [5.74, 6) is -0.0614. The van der Waals surface area contributed by atoms with E-state index < -0.39 is 11.4 Å². The van der Waals surface area contributed by atoms with Gasteiger partial charge in [0.05, 0.1) is 6.61 Å². The number of amides is 1. The largest absolute Gasteiger partial charge is 0.378 e. The summed E-state index contributed by atoms with van der Waals surface area (Å²) in [6.07, 6.45) is 3.96. The van der Waals surface area contributed by atoms with Crippen LogP contribution in [0.15, 0.2) is 30.6 Å². The monoisotopic (exact) mass is 289 g/mol. The number of nitrogens with one attached hydrogen (secondary N) is 2. The van der Waals surface area contributed by atoms with Crippen LogP contribution in [-0.2, 0) is 10.3 Å². The fraction of sp³-hybridized carbons (Fsp3) is 0.333. The van der Waals surface area contributed by atoms with Gasteiger partial charge in [-0.3, -0.25) is 4.79 Å². The molecule has 5 nitrogen and oxygen atoms in total. The van der Waals surface area contributed by atoms with Crippen LogP contribution in [0.3, 0.4) is 0 Å². The maximum atomic E-state index is 13.6. The van der Waals surface area contributed by atoms with Gasteiger partial charge < -0.3 is 15.0 Å². The molecule has 1 aromatic carbocycles. The Hall–Kier alpha value is -2.21. The Bertz CT molecular complexity index is 649. The first kappa shape index (κ1) is 13.8. The molecule has 0 aliphatic carbocycles. The van der Waals surface area contributed by atoms with Gasteiger partial charge in [0.1, 0.15) is 17.2 Å². The van der Waals surface area contributed by atoms with E-state index in [9.17, 15) is 9.18 Å². The van der Waals surface area contributed by atoms with Crippen LogP contribution in [0.25, 0.3) is 0 Å². The van der Waals surface area contributed by atoms with Crippen molar-refractivity contribution in [2.24, 2.45) is 0 Å². The Kier molecular flexibility index (Phi) is 3.47. The molecule has 1 saturated heterocycles. The third-order valence-electron chi connectivity index (χ3n) is 3.84. The molecule has 1 amide bonds. The maximum Gasteiger partial charge on any atom is 0.252 e. The standard InChI is InChI=1S/C15H16FN3O2/c1-10-11(3-2-4-12(10)16)13(20)19-15(5-8-21-9-15)14-17-6-7-18-14/h2-4,6-7H,5,8-9H2,1H3,(H,17,18)(H,19,20). The van der Waals surface area contributed by atoms with Crippen molar-refractivity contribution in [3.8, 4) is 0 Å². The molecule has 110 valence electrons. The van der Waals surface area contributed by atoms with Crippen LogP contribution < -0.4 is 5.32 Å². The minimum Gasteiger partial charge on any atom is -0.378 e. The molecule has 6 heteroatoms. The van der Waals surface area contributed by atoms with Crippen LogP contribution in [0.4, 0.5) is 4.39 Å². The van der Waals surface area contributed by atoms with E-state index in [4.69, 9.17) is 4.74 Å². The van der Waals surface area contributed by atoms with Crippen LogP contribution in [0.1, 0.15) is 28.2 Å². The lowest BCUT2D eigenvalue weighted by atomic mass is 9.96. The number of ether oxygens (including phenoxy) is 1. The molecule has 2 N–H and O–H groups in total. The zero-order valence-corrected chi connectivity index (χ0v) is 11.6. The minimum atomic E-state index is -0.681. The van der Waals surface area contributed by atoms with Crippen molar-refractivity contribution in [2.75, 3.05) is 13.2 Å². The molecule has 1 unspecified atom stereocenters. The molecule has 0 bridgehead atoms. The number of carbonyl (C=O) groups is 1. The third kappa shape index (κ3) is 2.42. The molecule has 0 spiro atoms. The van der Waals surface area contributed by atoms with Crippen LogP contribution in [0.2, 0.25) is 0 Å². The highest BCUT2D eigenvalue weighted by Crippen LogP contribution is 2.28. The number of H-pyrrole nitrogens is 1. The van der Waals surface area contributed by atoms with Crippen LogP contribution >= 0.6 is 0 Å². The van der Waals surface area contributed by atoms with Crippen molar-refractivity contribution in [1.82, 2.24) is 15.3 Å². The van der Waals surface area contributed by atoms with Gasteiger partial charge in [-0.25, -0.2) is 9.37 Å². The lowest BCUT2D eigenvalue weighted by Gasteiger charge is -2.27. The summed E-state index contributed by atoms with van der Waals surface area (Å²) in [6.45, 7) is 2.48. The van der Waals surface area contributed by atoms with Crippen molar-refractivity contribution < 1.29 is 13.9 Å². The first-order valence-corrected chi connectivity index (χ1v) is 6.78. The maximum absolute atomic E-state index is 13.6. The van der Waals surface area contributed by atoms with Gasteiger partial charge in [0.25, 0.3) is 5.91 Å². The second-order valence-electron chi connectivity index (χ2n) is 5.19. The normalized spacial score (nSPS) is 21.4. The van der Waals surface area contributed by atoms with E-state index in [0.717, 1.165) is 0 Å². The van der Waals surface area contributed by atoms with Crippen molar-refractivity contribution in [2.45, 2.75) is 18.9 Å². The number of hydrogen-bond acceptors (Lipinski definition) is 3. The lowest BCUT2D eigenvalue weighted by Crippen LogP contribution is -2.47. The van der Waals surface area contributed by atoms with Crippen molar-refractivity contribution in [3.05, 3.63) is 53.4 Å². The molecule has 2 aromatic rings. The number of benzene rings is 1. The highest BCUT2D eigenvalue weighted by Gasteiger charge is 2.40. The van der Waals surface area contributed by atoms with Crippen molar-refractivity contribution in [1.29, 1.82) is 0 Å². The highest BCUT2D eigenvalue weighted by atomic mass is 19.1. The Morgan fingerprint density at radius 1 is 1.52 bits per heavy atom. The SMILES string of the molecule is Cc1c(F)cccc1C(=O)NC1(c2ncc[nH]2)CCOC1. The second-order valence-corrected chi connectivity index (χ2v) is 5.19. The second kappa shape index (κ2) is 5.29. The van der Waals surface area contributed by atoms with Crippen LogP contribution in [0.5, 0.6) is 0 Å². The molecule has 0 radical (unpaired) electrons. The van der Waals surface area contributed by atoms with Gasteiger partial charge in [-0.1, -0.05) is 6.07 Å². The molecule has 21 heavy (non-hydrogen) atoms. The summed E-state index contributed by atoms with van der Waals surface area (Å²) >= 11 is 0. The summed E-state index contributed by atoms with van der Waals surface area (Å²) < 4.78 is 19.0. The number of imidazole rings is 1. The van der Waals surface area contributed by atoms with E-state index >= 15 is 0 Å². The quantitative estimate of drug-likeness (QED) is 0.907. The van der Waals surface area contributed by atoms with Gasteiger partial charge in [-0.15, -0.1) is 0 Å². The fourth-order valence-corrected chi connectivity index (χ4v) is 2.57. The molecule has 1 aliphatic heterocycles. The van der Waals surface area contributed by atoms with Crippen molar-refractivity contribution >= 4 is 5.91 Å². The van der Waals surface area contributed by atoms with E-state index in [1.807, 2.05) is 0 Å². The number of aromatic amines is 1. The van der Waals surface area contributed by atoms with E-state index in [1.54, 1.807) is 25.4 Å². The van der Waals surface area contributed by atoms with E-state index in [0.29, 0.717) is 36.6 Å². The fourth-order valence-electron chi connectivity index (χ4n) is 2.57. The highest BCUT2D eigenvalue weighted by molar-refractivity contribution is 5.96. The Morgan fingerprint density at radius 3 is 3.05 bits per heavy atom. The van der Waals surface area contributed by atoms with Gasteiger partial charge in [0.15, 0.2) is 0 Å². The summed E-state index contributed by atoms with van der Waals surface area (Å²) in [5, 5.41) is 2.95. The minimum absolute atomic E-state index is 0.325. The number of halogens is 1. The number of rotatable bonds is 3. The molecule has 1 atom stereocenters. The first-order valence-electron chi connectivity index (χ1n) is 6.78. The molecule has 3 rings (SSSR count). The smallest absolute Gasteiger partial charge is 0.252 e. The number of hydrogen-bond donors (Lipinski definition) is 2. The van der Waals surface area contributed by atoms with Crippen LogP contribution in [0, 0.1) is 12.7 Å². The summed E-state index contributed by atoms with van der Waals surface area (Å²) in [6, 6.07) is 4.48. The predicted molar refractivity (Wildman–Crippen MR) is 74.3 cm³/mol. The van der Waals surface area contributed by atoms with E-state index in [2.05, 4.69) is 15.3 Å². The number of aromatic nitrogens is 2. The molecular weight excluding hydrogens is 273 g/mol. The number of carbonyl (C=O) groups excluding carboxylic acids is 1. The van der Waals surface area contributed by atoms with E-state index in [-0.39, 0.29) is 5.91 Å². The van der Waals surface area contributed by atoms with Crippen LogP contribution in [-0.4, -0.2) is 29.1 Å². The average molecular weight is 289 g/mol. The van der Waals surface area contributed by atoms with Gasteiger partial charge >= 0.3 is 0 Å². The zero-order chi connectivity index (χ0) is 14.9. The van der Waals surface area contributed by atoms with Gasteiger partial charge in [-0.2, -0.15) is 0 Å². The van der Waals surface area contributed by atoms with Gasteiger partial charge in [-0.05, 0) is 24.6 Å². The predicted octanol–water partition coefficient (Wildman–Crippen LogP) is 1.90. The summed E-state index contributed by atoms with van der Waals surface area (Å²) in [5.41, 5.74) is -0.0179. The lowest BCUT2D eigenvalue weighted by molar-refractivity contribution is 0.0868. The Balaban J connectivity index is 1.90. The molecule has 0 saturated carbocycles. The average Bonchev–Trinajstić information content (AvgIpc) is 3.13. The molecule has 2 heterocycles. The number of nitrogens with zero attached hydrogens (tertiary/aromatic N) is 1. The van der Waals surface area contributed by atoms with E-state index in [1.165, 1.54) is 12.1 Å². The molecule has 1 fully saturated rings. The Morgan fingerprint density at radius 2 is 2.38 bits per heavy atom. The molecule has 1 aromatic heterocycles. The van der Waals surface area contributed by atoms with Gasteiger partial charge in [0, 0.05) is 31.0 Å². The van der Waals surface area contributed by atoms with Gasteiger partial charge in [0.2, 0.25) is 0 Å². The molecular formula is C15H16FN3O2. The third-order valence-corrected chi connectivity index (χ3v) is 3.84. The summed E-state index contributed by atoms with van der Waals surface area (Å²) in [4.78, 5) is 19.8. The topological polar surface area (TPSA) is 67.0 Å².